The summed E-state index contributed by atoms with van der Waals surface area (Å²) in [6.45, 7) is 1.97. The number of anilines is 1. The van der Waals surface area contributed by atoms with Gasteiger partial charge in [0.15, 0.2) is 0 Å². The molecule has 0 aliphatic carbocycles. The Hall–Kier alpha value is -3.02. The lowest BCUT2D eigenvalue weighted by molar-refractivity contribution is -0.128. The second-order valence-corrected chi connectivity index (χ2v) is 6.56. The maximum absolute atomic E-state index is 12.1. The average Bonchev–Trinajstić information content (AvgIpc) is 3.08. The maximum Gasteiger partial charge on any atom is 0.319 e. The zero-order valence-corrected chi connectivity index (χ0v) is 15.5. The standard InChI is InChI=1S/C21H25N3O3/c1-27-19-6-3-2-5-17(19)12-13-22-21(26)23-18-10-8-16(9-11-18)15-24-14-4-7-20(24)25/h2-3,5-6,8-11H,4,7,12-15H2,1H3,(H2,22,23,26). The molecule has 2 N–H and O–H groups in total. The predicted octanol–water partition coefficient (Wildman–Crippen LogP) is 3.18. The molecule has 1 fully saturated rings. The number of urea groups is 1. The van der Waals surface area contributed by atoms with Crippen molar-refractivity contribution in [3.63, 3.8) is 0 Å². The molecule has 0 radical (unpaired) electrons. The van der Waals surface area contributed by atoms with Gasteiger partial charge in [-0.1, -0.05) is 30.3 Å². The topological polar surface area (TPSA) is 70.7 Å². The Labute approximate surface area is 159 Å². The van der Waals surface area contributed by atoms with Crippen LogP contribution in [0.5, 0.6) is 5.75 Å². The number of nitrogens with one attached hydrogen (secondary N) is 2. The van der Waals surface area contributed by atoms with E-state index in [1.54, 1.807) is 7.11 Å². The normalized spacial score (nSPS) is 13.5. The average molecular weight is 367 g/mol. The van der Waals surface area contributed by atoms with Gasteiger partial charge in [-0.05, 0) is 42.2 Å². The molecule has 27 heavy (non-hydrogen) atoms. The first-order valence-corrected chi connectivity index (χ1v) is 9.19. The quantitative estimate of drug-likeness (QED) is 0.790. The summed E-state index contributed by atoms with van der Waals surface area (Å²) in [6, 6.07) is 15.1. The third-order valence-corrected chi connectivity index (χ3v) is 4.63. The van der Waals surface area contributed by atoms with Gasteiger partial charge >= 0.3 is 6.03 Å². The minimum atomic E-state index is -0.243. The van der Waals surface area contributed by atoms with E-state index in [9.17, 15) is 9.59 Å². The molecule has 0 unspecified atom stereocenters. The van der Waals surface area contributed by atoms with Gasteiger partial charge in [-0.25, -0.2) is 4.79 Å². The van der Waals surface area contributed by atoms with Gasteiger partial charge in [-0.3, -0.25) is 4.79 Å². The second kappa shape index (κ2) is 9.07. The van der Waals surface area contributed by atoms with Crippen molar-refractivity contribution in [2.75, 3.05) is 25.5 Å². The van der Waals surface area contributed by atoms with Crippen molar-refractivity contribution in [1.82, 2.24) is 10.2 Å². The molecule has 0 aromatic heterocycles. The number of hydrogen-bond acceptors (Lipinski definition) is 3. The number of para-hydroxylation sites is 1. The Bertz CT molecular complexity index is 790. The van der Waals surface area contributed by atoms with Gasteiger partial charge in [0.1, 0.15) is 5.75 Å². The van der Waals surface area contributed by atoms with Crippen molar-refractivity contribution in [2.24, 2.45) is 0 Å². The number of carbonyl (C=O) groups excluding carboxylic acids is 2. The molecule has 6 nitrogen and oxygen atoms in total. The van der Waals surface area contributed by atoms with E-state index in [-0.39, 0.29) is 11.9 Å². The first-order chi connectivity index (χ1) is 13.2. The lowest BCUT2D eigenvalue weighted by Gasteiger charge is -2.15. The van der Waals surface area contributed by atoms with E-state index in [0.29, 0.717) is 25.9 Å². The summed E-state index contributed by atoms with van der Waals surface area (Å²) in [5.74, 6) is 1.04. The van der Waals surface area contributed by atoms with Crippen LogP contribution in [0.25, 0.3) is 0 Å². The van der Waals surface area contributed by atoms with E-state index in [2.05, 4.69) is 10.6 Å². The molecule has 2 aromatic carbocycles. The molecule has 1 aliphatic heterocycles. The van der Waals surface area contributed by atoms with Crippen LogP contribution < -0.4 is 15.4 Å². The lowest BCUT2D eigenvalue weighted by Crippen LogP contribution is -2.30. The highest BCUT2D eigenvalue weighted by atomic mass is 16.5. The van der Waals surface area contributed by atoms with Crippen LogP contribution in [0.4, 0.5) is 10.5 Å². The fourth-order valence-electron chi connectivity index (χ4n) is 3.18. The molecule has 1 aliphatic rings. The third-order valence-electron chi connectivity index (χ3n) is 4.63. The van der Waals surface area contributed by atoms with Crippen molar-refractivity contribution in [3.8, 4) is 5.75 Å². The zero-order chi connectivity index (χ0) is 19.1. The number of nitrogens with zero attached hydrogens (tertiary/aromatic N) is 1. The summed E-state index contributed by atoms with van der Waals surface area (Å²) in [6.07, 6.45) is 2.28. The van der Waals surface area contributed by atoms with Crippen LogP contribution in [0.1, 0.15) is 24.0 Å². The molecule has 1 heterocycles. The van der Waals surface area contributed by atoms with Crippen LogP contribution in [0, 0.1) is 0 Å². The second-order valence-electron chi connectivity index (χ2n) is 6.56. The number of amides is 3. The molecule has 0 saturated carbocycles. The molecule has 3 rings (SSSR count). The first kappa shape index (κ1) is 18.8. The number of ether oxygens (including phenoxy) is 1. The van der Waals surface area contributed by atoms with Gasteiger partial charge in [0.25, 0.3) is 0 Å². The van der Waals surface area contributed by atoms with Crippen molar-refractivity contribution < 1.29 is 14.3 Å². The molecule has 0 spiro atoms. The Balaban J connectivity index is 1.44. The summed E-state index contributed by atoms with van der Waals surface area (Å²) in [7, 11) is 1.64. The summed E-state index contributed by atoms with van der Waals surface area (Å²) >= 11 is 0. The molecular weight excluding hydrogens is 342 g/mol. The molecule has 142 valence electrons. The minimum Gasteiger partial charge on any atom is -0.496 e. The molecule has 1 saturated heterocycles. The third kappa shape index (κ3) is 5.23. The predicted molar refractivity (Wildman–Crippen MR) is 105 cm³/mol. The number of hydrogen-bond donors (Lipinski definition) is 2. The van der Waals surface area contributed by atoms with Gasteiger partial charge in [-0.15, -0.1) is 0 Å². The maximum atomic E-state index is 12.1. The molecule has 0 atom stereocenters. The fraction of sp³-hybridized carbons (Fsp3) is 0.333. The number of methoxy groups -OCH3 is 1. The largest absolute Gasteiger partial charge is 0.496 e. The molecular formula is C21H25N3O3. The highest BCUT2D eigenvalue weighted by Gasteiger charge is 2.19. The van der Waals surface area contributed by atoms with E-state index in [1.165, 1.54) is 0 Å². The molecule has 6 heteroatoms. The lowest BCUT2D eigenvalue weighted by atomic mass is 10.1. The summed E-state index contributed by atoms with van der Waals surface area (Å²) in [5.41, 5.74) is 2.84. The van der Waals surface area contributed by atoms with E-state index >= 15 is 0 Å². The smallest absolute Gasteiger partial charge is 0.319 e. The van der Waals surface area contributed by atoms with Crippen molar-refractivity contribution in [1.29, 1.82) is 0 Å². The zero-order valence-electron chi connectivity index (χ0n) is 15.5. The Kier molecular flexibility index (Phi) is 6.30. The monoisotopic (exact) mass is 367 g/mol. The van der Waals surface area contributed by atoms with Crippen LogP contribution in [0.3, 0.4) is 0 Å². The Morgan fingerprint density at radius 3 is 2.63 bits per heavy atom. The van der Waals surface area contributed by atoms with E-state index in [0.717, 1.165) is 35.5 Å². The van der Waals surface area contributed by atoms with E-state index in [1.807, 2.05) is 53.4 Å². The van der Waals surface area contributed by atoms with Gasteiger partial charge in [-0.2, -0.15) is 0 Å². The molecule has 3 amide bonds. The number of carbonyl (C=O) groups is 2. The molecule has 0 bridgehead atoms. The van der Waals surface area contributed by atoms with Crippen LogP contribution in [0.2, 0.25) is 0 Å². The van der Waals surface area contributed by atoms with Crippen LogP contribution in [-0.2, 0) is 17.8 Å². The van der Waals surface area contributed by atoms with Gasteiger partial charge in [0.2, 0.25) is 5.91 Å². The number of rotatable bonds is 7. The summed E-state index contributed by atoms with van der Waals surface area (Å²) in [5, 5.41) is 5.68. The minimum absolute atomic E-state index is 0.214. The highest BCUT2D eigenvalue weighted by Crippen LogP contribution is 2.18. The van der Waals surface area contributed by atoms with Crippen LogP contribution in [0.15, 0.2) is 48.5 Å². The Morgan fingerprint density at radius 2 is 1.93 bits per heavy atom. The van der Waals surface area contributed by atoms with Gasteiger partial charge in [0.05, 0.1) is 7.11 Å². The van der Waals surface area contributed by atoms with Gasteiger partial charge in [0, 0.05) is 31.7 Å². The van der Waals surface area contributed by atoms with Crippen molar-refractivity contribution in [3.05, 3.63) is 59.7 Å². The van der Waals surface area contributed by atoms with Crippen LogP contribution >= 0.6 is 0 Å². The SMILES string of the molecule is COc1ccccc1CCNC(=O)Nc1ccc(CN2CCCC2=O)cc1. The summed E-state index contributed by atoms with van der Waals surface area (Å²) < 4.78 is 5.31. The molecule has 2 aromatic rings. The summed E-state index contributed by atoms with van der Waals surface area (Å²) in [4.78, 5) is 25.6. The van der Waals surface area contributed by atoms with Gasteiger partial charge < -0.3 is 20.3 Å². The number of likely N-dealkylation sites (tertiary alicyclic amines) is 1. The van der Waals surface area contributed by atoms with Crippen molar-refractivity contribution >= 4 is 17.6 Å². The Morgan fingerprint density at radius 1 is 1.15 bits per heavy atom. The fourth-order valence-corrected chi connectivity index (χ4v) is 3.18. The van der Waals surface area contributed by atoms with Crippen molar-refractivity contribution in [2.45, 2.75) is 25.8 Å². The van der Waals surface area contributed by atoms with E-state index in [4.69, 9.17) is 4.74 Å². The number of benzene rings is 2. The highest BCUT2D eigenvalue weighted by molar-refractivity contribution is 5.89. The van der Waals surface area contributed by atoms with Crippen LogP contribution in [-0.4, -0.2) is 37.0 Å². The van der Waals surface area contributed by atoms with E-state index < -0.39 is 0 Å². The first-order valence-electron chi connectivity index (χ1n) is 9.19.